The number of hydrogen-bond acceptors (Lipinski definition) is 3. The van der Waals surface area contributed by atoms with Crippen molar-refractivity contribution in [1.82, 2.24) is 15.1 Å². The second kappa shape index (κ2) is 8.34. The first kappa shape index (κ1) is 20.4. The maximum Gasteiger partial charge on any atom is 0.416 e. The van der Waals surface area contributed by atoms with E-state index in [2.05, 4.69) is 10.4 Å². The van der Waals surface area contributed by atoms with Gasteiger partial charge in [0, 0.05) is 24.4 Å². The molecule has 0 spiro atoms. The van der Waals surface area contributed by atoms with Gasteiger partial charge in [0.1, 0.15) is 0 Å². The first-order valence-corrected chi connectivity index (χ1v) is 9.36. The number of carbonyl (C=O) groups excluding carboxylic acids is 1. The SMILES string of the molecule is Cc1nn(-c2cccc(C(F)(F)F)c2)c(C)c1CC(=O)NCCC1CCCO1. The van der Waals surface area contributed by atoms with Crippen molar-refractivity contribution in [2.24, 2.45) is 0 Å². The molecule has 0 aliphatic carbocycles. The van der Waals surface area contributed by atoms with Crippen molar-refractivity contribution in [2.45, 2.75) is 51.8 Å². The maximum atomic E-state index is 13.0. The van der Waals surface area contributed by atoms with Crippen LogP contribution in [0.2, 0.25) is 0 Å². The number of nitrogens with one attached hydrogen (secondary N) is 1. The maximum absolute atomic E-state index is 13.0. The number of alkyl halides is 3. The summed E-state index contributed by atoms with van der Waals surface area (Å²) in [6.07, 6.45) is -1.19. The van der Waals surface area contributed by atoms with Crippen LogP contribution in [0.5, 0.6) is 0 Å². The molecule has 1 N–H and O–H groups in total. The van der Waals surface area contributed by atoms with Gasteiger partial charge in [-0.3, -0.25) is 4.79 Å². The molecule has 0 saturated carbocycles. The number of benzene rings is 1. The highest BCUT2D eigenvalue weighted by atomic mass is 19.4. The van der Waals surface area contributed by atoms with E-state index in [-0.39, 0.29) is 18.4 Å². The van der Waals surface area contributed by atoms with Gasteiger partial charge in [-0.2, -0.15) is 18.3 Å². The molecule has 1 aromatic carbocycles. The van der Waals surface area contributed by atoms with Crippen LogP contribution >= 0.6 is 0 Å². The first-order chi connectivity index (χ1) is 13.3. The van der Waals surface area contributed by atoms with Crippen LogP contribution in [0, 0.1) is 13.8 Å². The van der Waals surface area contributed by atoms with Crippen LogP contribution in [0.1, 0.15) is 41.8 Å². The first-order valence-electron chi connectivity index (χ1n) is 9.36. The molecule has 3 rings (SSSR count). The zero-order valence-corrected chi connectivity index (χ0v) is 16.0. The van der Waals surface area contributed by atoms with Gasteiger partial charge in [-0.25, -0.2) is 4.68 Å². The Labute approximate surface area is 161 Å². The molecule has 1 unspecified atom stereocenters. The molecule has 2 aromatic rings. The number of hydrogen-bond donors (Lipinski definition) is 1. The van der Waals surface area contributed by atoms with Crippen molar-refractivity contribution in [1.29, 1.82) is 0 Å². The van der Waals surface area contributed by atoms with Crippen LogP contribution in [-0.4, -0.2) is 34.9 Å². The van der Waals surface area contributed by atoms with E-state index >= 15 is 0 Å². The quantitative estimate of drug-likeness (QED) is 0.811. The monoisotopic (exact) mass is 395 g/mol. The van der Waals surface area contributed by atoms with Gasteiger partial charge in [-0.05, 0) is 51.3 Å². The summed E-state index contributed by atoms with van der Waals surface area (Å²) in [6, 6.07) is 5.01. The van der Waals surface area contributed by atoms with Crippen LogP contribution in [0.3, 0.4) is 0 Å². The molecule has 1 aliphatic heterocycles. The Bertz CT molecular complexity index is 840. The minimum absolute atomic E-state index is 0.132. The standard InChI is InChI=1S/C20H24F3N3O2/c1-13-18(12-19(27)24-9-8-17-7-4-10-28-17)14(2)26(25-13)16-6-3-5-15(11-16)20(21,22)23/h3,5-6,11,17H,4,7-10,12H2,1-2H3,(H,24,27). The number of amides is 1. The Morgan fingerprint density at radius 2 is 2.14 bits per heavy atom. The van der Waals surface area contributed by atoms with Gasteiger partial charge in [0.05, 0.1) is 29.5 Å². The number of nitrogens with zero attached hydrogens (tertiary/aromatic N) is 2. The number of carbonyl (C=O) groups is 1. The van der Waals surface area contributed by atoms with E-state index < -0.39 is 11.7 Å². The summed E-state index contributed by atoms with van der Waals surface area (Å²) < 4.78 is 45.9. The number of aromatic nitrogens is 2. The molecule has 152 valence electrons. The molecule has 2 heterocycles. The van der Waals surface area contributed by atoms with Gasteiger partial charge < -0.3 is 10.1 Å². The normalized spacial score (nSPS) is 17.1. The summed E-state index contributed by atoms with van der Waals surface area (Å²) in [7, 11) is 0. The molecule has 28 heavy (non-hydrogen) atoms. The molecule has 5 nitrogen and oxygen atoms in total. The van der Waals surface area contributed by atoms with E-state index in [9.17, 15) is 18.0 Å². The van der Waals surface area contributed by atoms with Gasteiger partial charge in [-0.15, -0.1) is 0 Å². The molecule has 1 aliphatic rings. The Kier molecular flexibility index (Phi) is 6.07. The summed E-state index contributed by atoms with van der Waals surface area (Å²) in [6.45, 7) is 4.84. The highest BCUT2D eigenvalue weighted by Gasteiger charge is 2.30. The molecular formula is C20H24F3N3O2. The molecular weight excluding hydrogens is 371 g/mol. The predicted octanol–water partition coefficient (Wildman–Crippen LogP) is 3.74. The molecule has 1 aromatic heterocycles. The van der Waals surface area contributed by atoms with Crippen molar-refractivity contribution in [3.8, 4) is 5.69 Å². The van der Waals surface area contributed by atoms with Crippen LogP contribution < -0.4 is 5.32 Å². The summed E-state index contributed by atoms with van der Waals surface area (Å²) in [4.78, 5) is 12.3. The van der Waals surface area contributed by atoms with Gasteiger partial charge in [0.15, 0.2) is 0 Å². The lowest BCUT2D eigenvalue weighted by Gasteiger charge is -2.11. The fourth-order valence-electron chi connectivity index (χ4n) is 3.46. The smallest absolute Gasteiger partial charge is 0.378 e. The minimum atomic E-state index is -4.42. The Morgan fingerprint density at radius 3 is 2.82 bits per heavy atom. The second-order valence-electron chi connectivity index (χ2n) is 7.06. The van der Waals surface area contributed by atoms with Crippen LogP contribution in [0.4, 0.5) is 13.2 Å². The number of ether oxygens (including phenoxy) is 1. The van der Waals surface area contributed by atoms with E-state index in [0.717, 1.165) is 43.6 Å². The minimum Gasteiger partial charge on any atom is -0.378 e. The lowest BCUT2D eigenvalue weighted by Crippen LogP contribution is -2.28. The highest BCUT2D eigenvalue weighted by Crippen LogP contribution is 2.30. The predicted molar refractivity (Wildman–Crippen MR) is 98.3 cm³/mol. The molecule has 1 amide bonds. The average molecular weight is 395 g/mol. The van der Waals surface area contributed by atoms with E-state index in [1.807, 2.05) is 0 Å². The Balaban J connectivity index is 1.69. The largest absolute Gasteiger partial charge is 0.416 e. The third-order valence-electron chi connectivity index (χ3n) is 5.01. The number of halogens is 3. The van der Waals surface area contributed by atoms with Crippen molar-refractivity contribution >= 4 is 5.91 Å². The zero-order valence-electron chi connectivity index (χ0n) is 16.0. The van der Waals surface area contributed by atoms with Crippen molar-refractivity contribution in [2.75, 3.05) is 13.2 Å². The summed E-state index contributed by atoms with van der Waals surface area (Å²) in [5.41, 5.74) is 1.61. The van der Waals surface area contributed by atoms with Gasteiger partial charge in [0.25, 0.3) is 0 Å². The fraction of sp³-hybridized carbons (Fsp3) is 0.500. The number of aryl methyl sites for hydroxylation is 1. The zero-order chi connectivity index (χ0) is 20.3. The highest BCUT2D eigenvalue weighted by molar-refractivity contribution is 5.79. The molecule has 8 heteroatoms. The Morgan fingerprint density at radius 1 is 1.36 bits per heavy atom. The topological polar surface area (TPSA) is 56.2 Å². The van der Waals surface area contributed by atoms with Gasteiger partial charge in [-0.1, -0.05) is 6.07 Å². The third kappa shape index (κ3) is 4.73. The van der Waals surface area contributed by atoms with Crippen LogP contribution in [0.15, 0.2) is 24.3 Å². The molecule has 1 saturated heterocycles. The van der Waals surface area contributed by atoms with E-state index in [1.54, 1.807) is 19.9 Å². The average Bonchev–Trinajstić information content (AvgIpc) is 3.25. The summed E-state index contributed by atoms with van der Waals surface area (Å²) >= 11 is 0. The number of rotatable bonds is 6. The lowest BCUT2D eigenvalue weighted by molar-refractivity contribution is -0.137. The van der Waals surface area contributed by atoms with Crippen LogP contribution in [0.25, 0.3) is 5.69 Å². The molecule has 0 bridgehead atoms. The fourth-order valence-corrected chi connectivity index (χ4v) is 3.46. The molecule has 1 fully saturated rings. The molecule has 1 atom stereocenters. The lowest BCUT2D eigenvalue weighted by atomic mass is 10.1. The van der Waals surface area contributed by atoms with Crippen molar-refractivity contribution in [3.63, 3.8) is 0 Å². The van der Waals surface area contributed by atoms with Crippen molar-refractivity contribution < 1.29 is 22.7 Å². The Hall–Kier alpha value is -2.35. The van der Waals surface area contributed by atoms with E-state index in [4.69, 9.17) is 4.74 Å². The van der Waals surface area contributed by atoms with E-state index in [0.29, 0.717) is 23.6 Å². The van der Waals surface area contributed by atoms with E-state index in [1.165, 1.54) is 10.7 Å². The second-order valence-corrected chi connectivity index (χ2v) is 7.06. The van der Waals surface area contributed by atoms with Crippen LogP contribution in [-0.2, 0) is 22.1 Å². The third-order valence-corrected chi connectivity index (χ3v) is 5.01. The summed E-state index contributed by atoms with van der Waals surface area (Å²) in [5.74, 6) is -0.132. The van der Waals surface area contributed by atoms with Crippen molar-refractivity contribution in [3.05, 3.63) is 46.8 Å². The molecule has 0 radical (unpaired) electrons. The summed E-state index contributed by atoms with van der Waals surface area (Å²) in [5, 5.41) is 7.24. The van der Waals surface area contributed by atoms with Gasteiger partial charge >= 0.3 is 6.18 Å². The van der Waals surface area contributed by atoms with Gasteiger partial charge in [0.2, 0.25) is 5.91 Å².